The van der Waals surface area contributed by atoms with Crippen LogP contribution in [-0.4, -0.2) is 58.9 Å². The second-order valence-corrected chi connectivity index (χ2v) is 7.50. The van der Waals surface area contributed by atoms with Crippen molar-refractivity contribution in [1.29, 1.82) is 0 Å². The van der Waals surface area contributed by atoms with Crippen LogP contribution in [0.25, 0.3) is 0 Å². The highest BCUT2D eigenvalue weighted by Crippen LogP contribution is 2.42. The van der Waals surface area contributed by atoms with Crippen molar-refractivity contribution >= 4 is 11.9 Å². The zero-order valence-electron chi connectivity index (χ0n) is 14.6. The van der Waals surface area contributed by atoms with Crippen LogP contribution >= 0.6 is 0 Å². The molecule has 1 unspecified atom stereocenters. The van der Waals surface area contributed by atoms with Gasteiger partial charge in [-0.05, 0) is 37.3 Å². The van der Waals surface area contributed by atoms with Crippen LogP contribution in [0.5, 0.6) is 0 Å². The van der Waals surface area contributed by atoms with Crippen LogP contribution in [0.1, 0.15) is 44.1 Å². The van der Waals surface area contributed by atoms with Gasteiger partial charge >= 0.3 is 6.03 Å². The van der Waals surface area contributed by atoms with Gasteiger partial charge < -0.3 is 15.1 Å². The van der Waals surface area contributed by atoms with Gasteiger partial charge in [-0.2, -0.15) is 0 Å². The summed E-state index contributed by atoms with van der Waals surface area (Å²) in [4.78, 5) is 33.7. The lowest BCUT2D eigenvalue weighted by atomic mass is 9.78. The number of pyridine rings is 1. The summed E-state index contributed by atoms with van der Waals surface area (Å²) in [5.74, 6) is 0.238. The van der Waals surface area contributed by atoms with Gasteiger partial charge in [0.2, 0.25) is 5.91 Å². The summed E-state index contributed by atoms with van der Waals surface area (Å²) < 4.78 is 0. The predicted molar refractivity (Wildman–Crippen MR) is 94.1 cm³/mol. The molecule has 0 aromatic carbocycles. The molecule has 1 atom stereocenters. The second-order valence-electron chi connectivity index (χ2n) is 7.50. The maximum Gasteiger partial charge on any atom is 0.317 e. The average molecular weight is 342 g/mol. The fraction of sp³-hybridized carbons (Fsp3) is 0.632. The van der Waals surface area contributed by atoms with E-state index in [1.165, 1.54) is 0 Å². The predicted octanol–water partition coefficient (Wildman–Crippen LogP) is 1.91. The molecule has 2 aliphatic heterocycles. The van der Waals surface area contributed by atoms with Crippen LogP contribution in [0, 0.1) is 0 Å². The minimum Gasteiger partial charge on any atom is -0.340 e. The van der Waals surface area contributed by atoms with E-state index in [4.69, 9.17) is 0 Å². The van der Waals surface area contributed by atoms with Crippen molar-refractivity contribution in [3.8, 4) is 0 Å². The van der Waals surface area contributed by atoms with Gasteiger partial charge in [0, 0.05) is 38.6 Å². The molecule has 4 rings (SSSR count). The minimum atomic E-state index is -0.413. The summed E-state index contributed by atoms with van der Waals surface area (Å²) in [5, 5.41) is 2.87. The van der Waals surface area contributed by atoms with Crippen molar-refractivity contribution in [2.45, 2.75) is 50.0 Å². The Morgan fingerprint density at radius 1 is 1.24 bits per heavy atom. The number of carbonyl (C=O) groups is 2. The molecule has 134 valence electrons. The molecule has 6 nitrogen and oxygen atoms in total. The molecule has 3 amide bonds. The van der Waals surface area contributed by atoms with Gasteiger partial charge in [-0.3, -0.25) is 9.78 Å². The van der Waals surface area contributed by atoms with E-state index in [0.717, 1.165) is 57.2 Å². The number of hydrogen-bond donors (Lipinski definition) is 1. The Labute approximate surface area is 148 Å². The molecule has 0 radical (unpaired) electrons. The Bertz CT molecular complexity index is 642. The highest BCUT2D eigenvalue weighted by atomic mass is 16.2. The van der Waals surface area contributed by atoms with E-state index in [1.54, 1.807) is 6.20 Å². The van der Waals surface area contributed by atoms with Crippen molar-refractivity contribution in [1.82, 2.24) is 20.1 Å². The number of piperidine rings is 1. The number of aromatic nitrogens is 1. The van der Waals surface area contributed by atoms with Crippen LogP contribution in [0.2, 0.25) is 0 Å². The molecule has 1 N–H and O–H groups in total. The normalized spacial score (nSPS) is 25.9. The third-order valence-electron chi connectivity index (χ3n) is 6.09. The topological polar surface area (TPSA) is 65.5 Å². The molecule has 3 aliphatic rings. The Hall–Kier alpha value is -2.11. The van der Waals surface area contributed by atoms with E-state index in [2.05, 4.69) is 10.3 Å². The van der Waals surface area contributed by atoms with Gasteiger partial charge in [-0.15, -0.1) is 0 Å². The minimum absolute atomic E-state index is 0.0159. The average Bonchev–Trinajstić information content (AvgIpc) is 3.32. The Kier molecular flexibility index (Phi) is 4.36. The van der Waals surface area contributed by atoms with Crippen molar-refractivity contribution < 1.29 is 9.59 Å². The molecule has 1 saturated carbocycles. The fourth-order valence-electron chi connectivity index (χ4n) is 4.78. The molecule has 1 aliphatic carbocycles. The SMILES string of the molecule is O=C1NCCN1C1CCCN(C(=O)C2(c3cccnc3)CCCC2)C1. The van der Waals surface area contributed by atoms with E-state index >= 15 is 0 Å². The highest BCUT2D eigenvalue weighted by molar-refractivity contribution is 5.89. The lowest BCUT2D eigenvalue weighted by Crippen LogP contribution is -2.54. The first kappa shape index (κ1) is 16.4. The molecular weight excluding hydrogens is 316 g/mol. The Balaban J connectivity index is 1.55. The first-order valence-corrected chi connectivity index (χ1v) is 9.45. The second kappa shape index (κ2) is 6.65. The Morgan fingerprint density at radius 3 is 2.76 bits per heavy atom. The van der Waals surface area contributed by atoms with E-state index in [1.807, 2.05) is 28.1 Å². The molecule has 6 heteroatoms. The zero-order chi connectivity index (χ0) is 17.3. The summed E-state index contributed by atoms with van der Waals surface area (Å²) in [6, 6.07) is 4.14. The third-order valence-corrected chi connectivity index (χ3v) is 6.09. The number of carbonyl (C=O) groups excluding carboxylic acids is 2. The first-order chi connectivity index (χ1) is 12.2. The van der Waals surface area contributed by atoms with Crippen LogP contribution in [0.4, 0.5) is 4.79 Å². The lowest BCUT2D eigenvalue weighted by Gasteiger charge is -2.41. The smallest absolute Gasteiger partial charge is 0.317 e. The molecule has 0 bridgehead atoms. The van der Waals surface area contributed by atoms with Crippen molar-refractivity contribution in [2.24, 2.45) is 0 Å². The summed E-state index contributed by atoms with van der Waals surface area (Å²) in [7, 11) is 0. The maximum absolute atomic E-state index is 13.5. The van der Waals surface area contributed by atoms with Gasteiger partial charge in [-0.1, -0.05) is 18.9 Å². The standard InChI is InChI=1S/C19H26N4O2/c24-17(19(7-1-2-8-19)15-5-3-9-20-13-15)22-11-4-6-16(14-22)23-12-10-21-18(23)25/h3,5,9,13,16H,1-2,4,6-8,10-12,14H2,(H,21,25). The van der Waals surface area contributed by atoms with Gasteiger partial charge in [0.15, 0.2) is 0 Å². The first-order valence-electron chi connectivity index (χ1n) is 9.45. The van der Waals surface area contributed by atoms with E-state index in [9.17, 15) is 9.59 Å². The van der Waals surface area contributed by atoms with E-state index in [0.29, 0.717) is 13.1 Å². The summed E-state index contributed by atoms with van der Waals surface area (Å²) >= 11 is 0. The molecule has 2 saturated heterocycles. The van der Waals surface area contributed by atoms with E-state index < -0.39 is 5.41 Å². The molecule has 3 heterocycles. The van der Waals surface area contributed by atoms with Crippen LogP contribution in [-0.2, 0) is 10.2 Å². The van der Waals surface area contributed by atoms with Crippen LogP contribution < -0.4 is 5.32 Å². The van der Waals surface area contributed by atoms with Gasteiger partial charge in [0.05, 0.1) is 11.5 Å². The molecule has 3 fully saturated rings. The molecular formula is C19H26N4O2. The summed E-state index contributed by atoms with van der Waals surface area (Å²) in [5.41, 5.74) is 0.641. The van der Waals surface area contributed by atoms with Gasteiger partial charge in [0.25, 0.3) is 0 Å². The summed E-state index contributed by atoms with van der Waals surface area (Å²) in [6.07, 6.45) is 9.56. The number of hydrogen-bond acceptors (Lipinski definition) is 3. The zero-order valence-corrected chi connectivity index (χ0v) is 14.6. The largest absolute Gasteiger partial charge is 0.340 e. The molecule has 25 heavy (non-hydrogen) atoms. The Morgan fingerprint density at radius 2 is 2.08 bits per heavy atom. The molecule has 1 aromatic heterocycles. The highest BCUT2D eigenvalue weighted by Gasteiger charge is 2.46. The maximum atomic E-state index is 13.5. The quantitative estimate of drug-likeness (QED) is 0.912. The number of likely N-dealkylation sites (tertiary alicyclic amines) is 1. The number of nitrogens with one attached hydrogen (secondary N) is 1. The van der Waals surface area contributed by atoms with Crippen molar-refractivity contribution in [2.75, 3.05) is 26.2 Å². The fourth-order valence-corrected chi connectivity index (χ4v) is 4.78. The lowest BCUT2D eigenvalue weighted by molar-refractivity contribution is -0.139. The number of amides is 3. The van der Waals surface area contributed by atoms with Crippen LogP contribution in [0.3, 0.4) is 0 Å². The molecule has 1 aromatic rings. The van der Waals surface area contributed by atoms with Crippen molar-refractivity contribution in [3.63, 3.8) is 0 Å². The third kappa shape index (κ3) is 2.87. The number of nitrogens with zero attached hydrogens (tertiary/aromatic N) is 3. The summed E-state index contributed by atoms with van der Waals surface area (Å²) in [6.45, 7) is 2.92. The van der Waals surface area contributed by atoms with Gasteiger partial charge in [0.1, 0.15) is 0 Å². The van der Waals surface area contributed by atoms with Gasteiger partial charge in [-0.25, -0.2) is 4.79 Å². The number of rotatable bonds is 3. The van der Waals surface area contributed by atoms with Crippen LogP contribution in [0.15, 0.2) is 24.5 Å². The monoisotopic (exact) mass is 342 g/mol. The van der Waals surface area contributed by atoms with E-state index in [-0.39, 0.29) is 18.0 Å². The van der Waals surface area contributed by atoms with Crippen molar-refractivity contribution in [3.05, 3.63) is 30.1 Å². The number of urea groups is 1. The molecule has 0 spiro atoms.